The van der Waals surface area contributed by atoms with Gasteiger partial charge >= 0.3 is 0 Å². The molecule has 0 aromatic heterocycles. The molecule has 0 aromatic carbocycles. The van der Waals surface area contributed by atoms with Crippen LogP contribution in [0.15, 0.2) is 11.6 Å². The number of rotatable bonds is 2. The Hall–Kier alpha value is -0.660. The van der Waals surface area contributed by atoms with Crippen molar-refractivity contribution in [2.24, 2.45) is 23.2 Å². The normalized spacial score (nSPS) is 48.5. The van der Waals surface area contributed by atoms with E-state index in [1.54, 1.807) is 0 Å². The summed E-state index contributed by atoms with van der Waals surface area (Å²) in [4.78, 5) is 12.5. The number of ketones is 1. The van der Waals surface area contributed by atoms with Gasteiger partial charge in [-0.1, -0.05) is 6.08 Å². The fourth-order valence-corrected chi connectivity index (χ4v) is 4.81. The van der Waals surface area contributed by atoms with Crippen LogP contribution in [0.2, 0.25) is 0 Å². The summed E-state index contributed by atoms with van der Waals surface area (Å²) >= 11 is 0. The van der Waals surface area contributed by atoms with Crippen molar-refractivity contribution in [1.82, 2.24) is 0 Å². The largest absolute Gasteiger partial charge is 0.294 e. The Morgan fingerprint density at radius 2 is 1.82 bits per heavy atom. The molecule has 0 heterocycles. The van der Waals surface area contributed by atoms with E-state index in [1.807, 2.05) is 19.9 Å². The van der Waals surface area contributed by atoms with Crippen LogP contribution in [-0.4, -0.2) is 12.0 Å². The van der Waals surface area contributed by atoms with E-state index in [2.05, 4.69) is 0 Å². The van der Waals surface area contributed by atoms with E-state index in [0.29, 0.717) is 11.8 Å². The summed E-state index contributed by atoms with van der Waals surface area (Å²) in [5.41, 5.74) is 0.125. The molecule has 94 valence electrons. The van der Waals surface area contributed by atoms with Crippen molar-refractivity contribution < 1.29 is 9.18 Å². The molecule has 0 amide bonds. The second-order valence-electron chi connectivity index (χ2n) is 6.47. The number of alkyl halides is 1. The number of hydrogen-bond donors (Lipinski definition) is 0. The van der Waals surface area contributed by atoms with Gasteiger partial charge in [0.25, 0.3) is 0 Å². The molecule has 4 rings (SSSR count). The first kappa shape index (κ1) is 11.4. The van der Waals surface area contributed by atoms with E-state index < -0.39 is 11.6 Å². The van der Waals surface area contributed by atoms with Crippen LogP contribution in [0.25, 0.3) is 0 Å². The minimum absolute atomic E-state index is 0.103. The van der Waals surface area contributed by atoms with Gasteiger partial charge in [-0.25, -0.2) is 4.39 Å². The SMILES string of the molecule is C/C=C(\C)C(=O)C12CC3CC(CC(C3)C1F)C2. The Balaban J connectivity index is 1.98. The molecule has 4 bridgehead atoms. The summed E-state index contributed by atoms with van der Waals surface area (Å²) in [5, 5.41) is 0. The van der Waals surface area contributed by atoms with Gasteiger partial charge in [0.05, 0.1) is 5.41 Å². The third-order valence-electron chi connectivity index (χ3n) is 5.43. The quantitative estimate of drug-likeness (QED) is 0.668. The maximum absolute atomic E-state index is 14.6. The highest BCUT2D eigenvalue weighted by atomic mass is 19.1. The van der Waals surface area contributed by atoms with Crippen LogP contribution in [0.4, 0.5) is 4.39 Å². The van der Waals surface area contributed by atoms with Gasteiger partial charge in [-0.15, -0.1) is 0 Å². The average molecular weight is 236 g/mol. The number of hydrogen-bond acceptors (Lipinski definition) is 1. The summed E-state index contributed by atoms with van der Waals surface area (Å²) in [7, 11) is 0. The minimum Gasteiger partial charge on any atom is -0.294 e. The van der Waals surface area contributed by atoms with Crippen LogP contribution in [0.3, 0.4) is 0 Å². The molecule has 0 spiro atoms. The highest BCUT2D eigenvalue weighted by Crippen LogP contribution is 2.61. The molecule has 2 heteroatoms. The zero-order valence-corrected chi connectivity index (χ0v) is 10.7. The Bertz CT molecular complexity index is 370. The Labute approximate surface area is 102 Å². The lowest BCUT2D eigenvalue weighted by Crippen LogP contribution is -2.57. The number of carbonyl (C=O) groups is 1. The summed E-state index contributed by atoms with van der Waals surface area (Å²) in [5.74, 6) is 1.52. The van der Waals surface area contributed by atoms with Crippen LogP contribution >= 0.6 is 0 Å². The van der Waals surface area contributed by atoms with Crippen molar-refractivity contribution in [3.05, 3.63) is 11.6 Å². The monoisotopic (exact) mass is 236 g/mol. The van der Waals surface area contributed by atoms with Gasteiger partial charge in [-0.05, 0) is 69.3 Å². The van der Waals surface area contributed by atoms with E-state index in [4.69, 9.17) is 0 Å². The molecule has 0 N–H and O–H groups in total. The Morgan fingerprint density at radius 3 is 2.35 bits per heavy atom. The van der Waals surface area contributed by atoms with Gasteiger partial charge in [0.15, 0.2) is 5.78 Å². The summed E-state index contributed by atoms with van der Waals surface area (Å²) in [6.07, 6.45) is 5.89. The van der Waals surface area contributed by atoms with Gasteiger partial charge in [-0.2, -0.15) is 0 Å². The first-order valence-corrected chi connectivity index (χ1v) is 6.88. The van der Waals surface area contributed by atoms with E-state index in [1.165, 1.54) is 6.42 Å². The van der Waals surface area contributed by atoms with Crippen LogP contribution in [0.5, 0.6) is 0 Å². The van der Waals surface area contributed by atoms with Crippen LogP contribution in [-0.2, 0) is 4.79 Å². The molecule has 1 nitrogen and oxygen atoms in total. The van der Waals surface area contributed by atoms with Gasteiger partial charge in [0.2, 0.25) is 0 Å². The first-order chi connectivity index (χ1) is 8.06. The molecule has 0 saturated heterocycles. The first-order valence-electron chi connectivity index (χ1n) is 6.88. The lowest BCUT2D eigenvalue weighted by Gasteiger charge is -2.57. The van der Waals surface area contributed by atoms with Crippen molar-refractivity contribution in [2.75, 3.05) is 0 Å². The fraction of sp³-hybridized carbons (Fsp3) is 0.800. The molecule has 3 unspecified atom stereocenters. The number of Topliss-reactive ketones (excluding diaryl/α,β-unsaturated/α-hetero) is 1. The van der Waals surface area contributed by atoms with E-state index in [0.717, 1.165) is 31.3 Å². The highest BCUT2D eigenvalue weighted by molar-refractivity contribution is 6.00. The Kier molecular flexibility index (Phi) is 2.46. The Morgan fingerprint density at radius 1 is 1.24 bits per heavy atom. The topological polar surface area (TPSA) is 17.1 Å². The average Bonchev–Trinajstić information content (AvgIpc) is 2.32. The maximum Gasteiger partial charge on any atom is 0.167 e. The summed E-state index contributed by atoms with van der Waals surface area (Å²) in [6.45, 7) is 3.72. The lowest BCUT2D eigenvalue weighted by molar-refractivity contribution is -0.156. The van der Waals surface area contributed by atoms with Crippen molar-refractivity contribution in [3.63, 3.8) is 0 Å². The highest BCUT2D eigenvalue weighted by Gasteiger charge is 2.60. The zero-order chi connectivity index (χ0) is 12.2. The third kappa shape index (κ3) is 1.45. The predicted molar refractivity (Wildman–Crippen MR) is 65.3 cm³/mol. The second-order valence-corrected chi connectivity index (χ2v) is 6.47. The molecule has 17 heavy (non-hydrogen) atoms. The van der Waals surface area contributed by atoms with Crippen molar-refractivity contribution >= 4 is 5.78 Å². The van der Waals surface area contributed by atoms with Crippen molar-refractivity contribution in [3.8, 4) is 0 Å². The molecule has 4 aliphatic carbocycles. The summed E-state index contributed by atoms with van der Waals surface area (Å²) in [6, 6.07) is 0. The van der Waals surface area contributed by atoms with Crippen LogP contribution < -0.4 is 0 Å². The standard InChI is InChI=1S/C15H21FO/c1-3-9(2)14(17)15-7-10-4-11(8-15)6-12(5-10)13(15)16/h3,10-13H,4-8H2,1-2H3/b9-3+. The molecule has 4 aliphatic rings. The molecular weight excluding hydrogens is 215 g/mol. The molecule has 0 radical (unpaired) electrons. The van der Waals surface area contributed by atoms with Gasteiger partial charge in [0.1, 0.15) is 6.17 Å². The maximum atomic E-state index is 14.6. The fourth-order valence-electron chi connectivity index (χ4n) is 4.81. The molecule has 3 atom stereocenters. The van der Waals surface area contributed by atoms with Crippen molar-refractivity contribution in [2.45, 2.75) is 52.1 Å². The summed E-state index contributed by atoms with van der Waals surface area (Å²) < 4.78 is 14.6. The molecule has 4 saturated carbocycles. The molecule has 0 aliphatic heterocycles. The van der Waals surface area contributed by atoms with Crippen molar-refractivity contribution in [1.29, 1.82) is 0 Å². The smallest absolute Gasteiger partial charge is 0.167 e. The predicted octanol–water partition coefficient (Wildman–Crippen LogP) is 3.69. The van der Waals surface area contributed by atoms with E-state index >= 15 is 0 Å². The van der Waals surface area contributed by atoms with Gasteiger partial charge < -0.3 is 0 Å². The van der Waals surface area contributed by atoms with Crippen LogP contribution in [0.1, 0.15) is 46.0 Å². The van der Waals surface area contributed by atoms with E-state index in [9.17, 15) is 9.18 Å². The minimum atomic E-state index is -0.877. The van der Waals surface area contributed by atoms with Gasteiger partial charge in [0, 0.05) is 0 Å². The number of carbonyl (C=O) groups excluding carboxylic acids is 1. The lowest BCUT2D eigenvalue weighted by atomic mass is 9.47. The number of halogens is 1. The second kappa shape index (κ2) is 3.66. The van der Waals surface area contributed by atoms with Crippen LogP contribution in [0, 0.1) is 23.2 Å². The molecule has 0 aromatic rings. The number of allylic oxidation sites excluding steroid dienone is 2. The molecule has 4 fully saturated rings. The van der Waals surface area contributed by atoms with Gasteiger partial charge in [-0.3, -0.25) is 4.79 Å². The third-order valence-corrected chi connectivity index (χ3v) is 5.43. The van der Waals surface area contributed by atoms with E-state index in [-0.39, 0.29) is 11.7 Å². The zero-order valence-electron chi connectivity index (χ0n) is 10.7. The molecular formula is C15H21FO.